The molecule has 0 spiro atoms. The summed E-state index contributed by atoms with van der Waals surface area (Å²) < 4.78 is 1.04. The van der Waals surface area contributed by atoms with Crippen LogP contribution < -0.4 is 0 Å². The second-order valence-electron chi connectivity index (χ2n) is 5.31. The molecule has 23 heavy (non-hydrogen) atoms. The molecule has 3 heteroatoms. The maximum Gasteiger partial charge on any atom is 0.160 e. The van der Waals surface area contributed by atoms with Crippen LogP contribution in [-0.4, -0.2) is 9.97 Å². The molecule has 0 fully saturated rings. The minimum absolute atomic E-state index is 0.767. The summed E-state index contributed by atoms with van der Waals surface area (Å²) in [6.45, 7) is 0. The van der Waals surface area contributed by atoms with Gasteiger partial charge in [0.05, 0.1) is 5.69 Å². The Morgan fingerprint density at radius 3 is 2.39 bits per heavy atom. The zero-order valence-corrected chi connectivity index (χ0v) is 13.9. The fourth-order valence-electron chi connectivity index (χ4n) is 2.71. The largest absolute Gasteiger partial charge is 0.237 e. The van der Waals surface area contributed by atoms with Crippen LogP contribution in [0.1, 0.15) is 0 Å². The van der Waals surface area contributed by atoms with E-state index in [1.165, 1.54) is 5.56 Å². The highest BCUT2D eigenvalue weighted by atomic mass is 79.9. The average Bonchev–Trinajstić information content (AvgIpc) is 2.61. The van der Waals surface area contributed by atoms with Crippen molar-refractivity contribution in [1.29, 1.82) is 0 Å². The average molecular weight is 361 g/mol. The number of hydrogen-bond donors (Lipinski definition) is 0. The van der Waals surface area contributed by atoms with E-state index in [9.17, 15) is 0 Å². The predicted octanol–water partition coefficient (Wildman–Crippen LogP) is 5.73. The van der Waals surface area contributed by atoms with Crippen molar-refractivity contribution in [2.24, 2.45) is 0 Å². The van der Waals surface area contributed by atoms with Crippen molar-refractivity contribution in [3.05, 3.63) is 83.5 Å². The second kappa shape index (κ2) is 5.94. The minimum atomic E-state index is 0.767. The predicted molar refractivity (Wildman–Crippen MR) is 98.1 cm³/mol. The van der Waals surface area contributed by atoms with Crippen LogP contribution >= 0.6 is 15.9 Å². The molecule has 2 nitrogen and oxygen atoms in total. The second-order valence-corrected chi connectivity index (χ2v) is 6.22. The molecule has 4 rings (SSSR count). The first-order valence-corrected chi connectivity index (χ1v) is 8.18. The summed E-state index contributed by atoms with van der Waals surface area (Å²) in [6, 6.07) is 24.7. The lowest BCUT2D eigenvalue weighted by atomic mass is 10.00. The van der Waals surface area contributed by atoms with Gasteiger partial charge < -0.3 is 0 Å². The summed E-state index contributed by atoms with van der Waals surface area (Å²) in [7, 11) is 0. The summed E-state index contributed by atoms with van der Waals surface area (Å²) >= 11 is 3.53. The topological polar surface area (TPSA) is 25.8 Å². The maximum absolute atomic E-state index is 4.74. The molecule has 0 aliphatic heterocycles. The van der Waals surface area contributed by atoms with E-state index in [0.717, 1.165) is 32.3 Å². The van der Waals surface area contributed by atoms with E-state index in [1.807, 2.05) is 24.3 Å². The van der Waals surface area contributed by atoms with Crippen molar-refractivity contribution in [1.82, 2.24) is 9.97 Å². The zero-order valence-electron chi connectivity index (χ0n) is 12.3. The van der Waals surface area contributed by atoms with Crippen molar-refractivity contribution in [3.8, 4) is 22.4 Å². The van der Waals surface area contributed by atoms with Crippen LogP contribution in [0, 0.1) is 0 Å². The SMILES string of the molecule is Brc1cccc(-c2cc(-c3ccccc3)c3cccnc3n2)c1. The molecule has 0 radical (unpaired) electrons. The minimum Gasteiger partial charge on any atom is -0.237 e. The first-order valence-electron chi connectivity index (χ1n) is 7.38. The molecule has 2 aromatic heterocycles. The van der Waals surface area contributed by atoms with Gasteiger partial charge in [-0.2, -0.15) is 0 Å². The van der Waals surface area contributed by atoms with Crippen LogP contribution in [0.25, 0.3) is 33.4 Å². The molecule has 0 amide bonds. The lowest BCUT2D eigenvalue weighted by molar-refractivity contribution is 1.29. The fraction of sp³-hybridized carbons (Fsp3) is 0. The van der Waals surface area contributed by atoms with Gasteiger partial charge in [0.15, 0.2) is 5.65 Å². The first kappa shape index (κ1) is 14.1. The monoisotopic (exact) mass is 360 g/mol. The van der Waals surface area contributed by atoms with Crippen LogP contribution in [0.2, 0.25) is 0 Å². The lowest BCUT2D eigenvalue weighted by Gasteiger charge is -2.10. The number of benzene rings is 2. The van der Waals surface area contributed by atoms with Crippen LogP contribution in [0.3, 0.4) is 0 Å². The third-order valence-electron chi connectivity index (χ3n) is 3.79. The molecule has 0 unspecified atom stereocenters. The maximum atomic E-state index is 4.74. The van der Waals surface area contributed by atoms with Crippen molar-refractivity contribution in [3.63, 3.8) is 0 Å². The molecule has 2 aromatic carbocycles. The highest BCUT2D eigenvalue weighted by Gasteiger charge is 2.10. The van der Waals surface area contributed by atoms with E-state index < -0.39 is 0 Å². The first-order chi connectivity index (χ1) is 11.3. The van der Waals surface area contributed by atoms with Gasteiger partial charge in [-0.3, -0.25) is 0 Å². The van der Waals surface area contributed by atoms with Gasteiger partial charge in [0.2, 0.25) is 0 Å². The van der Waals surface area contributed by atoms with E-state index >= 15 is 0 Å². The molecule has 0 saturated carbocycles. The van der Waals surface area contributed by atoms with Gasteiger partial charge in [-0.05, 0) is 41.5 Å². The van der Waals surface area contributed by atoms with Gasteiger partial charge in [-0.1, -0.05) is 58.4 Å². The van der Waals surface area contributed by atoms with Gasteiger partial charge in [0.1, 0.15) is 0 Å². The van der Waals surface area contributed by atoms with Crippen molar-refractivity contribution < 1.29 is 0 Å². The van der Waals surface area contributed by atoms with Crippen molar-refractivity contribution in [2.75, 3.05) is 0 Å². The Hall–Kier alpha value is -2.52. The highest BCUT2D eigenvalue weighted by molar-refractivity contribution is 9.10. The molecular formula is C20H13BrN2. The normalized spacial score (nSPS) is 10.8. The molecule has 0 bridgehead atoms. The number of rotatable bonds is 2. The summed E-state index contributed by atoms with van der Waals surface area (Å²) in [5.41, 5.74) is 5.09. The number of aromatic nitrogens is 2. The van der Waals surface area contributed by atoms with E-state index in [4.69, 9.17) is 4.98 Å². The summed E-state index contributed by atoms with van der Waals surface area (Å²) in [4.78, 5) is 9.19. The van der Waals surface area contributed by atoms with Gasteiger partial charge >= 0.3 is 0 Å². The fourth-order valence-corrected chi connectivity index (χ4v) is 3.11. The molecule has 0 saturated heterocycles. The Bertz CT molecular complexity index is 981. The Labute approximate surface area is 143 Å². The van der Waals surface area contributed by atoms with Gasteiger partial charge in [-0.25, -0.2) is 9.97 Å². The van der Waals surface area contributed by atoms with Crippen LogP contribution in [0.4, 0.5) is 0 Å². The molecule has 4 aromatic rings. The van der Waals surface area contributed by atoms with Gasteiger partial charge in [-0.15, -0.1) is 0 Å². The summed E-state index contributed by atoms with van der Waals surface area (Å²) in [5, 5.41) is 1.07. The molecule has 0 aliphatic carbocycles. The quantitative estimate of drug-likeness (QED) is 0.456. The number of fused-ring (bicyclic) bond motifs is 1. The Balaban J connectivity index is 2.01. The summed E-state index contributed by atoms with van der Waals surface area (Å²) in [5.74, 6) is 0. The zero-order chi connectivity index (χ0) is 15.6. The van der Waals surface area contributed by atoms with Gasteiger partial charge in [0.25, 0.3) is 0 Å². The van der Waals surface area contributed by atoms with Crippen LogP contribution in [-0.2, 0) is 0 Å². The van der Waals surface area contributed by atoms with Crippen LogP contribution in [0.5, 0.6) is 0 Å². The molecule has 0 atom stereocenters. The van der Waals surface area contributed by atoms with E-state index in [1.54, 1.807) is 6.20 Å². The number of halogens is 1. The smallest absolute Gasteiger partial charge is 0.160 e. The van der Waals surface area contributed by atoms with Crippen molar-refractivity contribution >= 4 is 27.0 Å². The Morgan fingerprint density at radius 2 is 1.57 bits per heavy atom. The van der Waals surface area contributed by atoms with E-state index in [0.29, 0.717) is 0 Å². The molecule has 110 valence electrons. The summed E-state index contributed by atoms with van der Waals surface area (Å²) in [6.07, 6.45) is 1.79. The third kappa shape index (κ3) is 2.76. The standard InChI is InChI=1S/C20H13BrN2/c21-16-9-4-8-15(12-16)19-13-18(14-6-2-1-3-7-14)17-10-5-11-22-20(17)23-19/h1-13H. The number of hydrogen-bond acceptors (Lipinski definition) is 2. The number of pyridine rings is 2. The third-order valence-corrected chi connectivity index (χ3v) is 4.28. The molecular weight excluding hydrogens is 348 g/mol. The Kier molecular flexibility index (Phi) is 3.64. The highest BCUT2D eigenvalue weighted by Crippen LogP contribution is 2.31. The molecule has 2 heterocycles. The number of nitrogens with zero attached hydrogens (tertiary/aromatic N) is 2. The Morgan fingerprint density at radius 1 is 0.739 bits per heavy atom. The van der Waals surface area contributed by atoms with Gasteiger partial charge in [0, 0.05) is 21.6 Å². The van der Waals surface area contributed by atoms with Crippen LogP contribution in [0.15, 0.2) is 83.5 Å². The van der Waals surface area contributed by atoms with E-state index in [-0.39, 0.29) is 0 Å². The molecule has 0 N–H and O–H groups in total. The lowest BCUT2D eigenvalue weighted by Crippen LogP contribution is -1.91. The van der Waals surface area contributed by atoms with E-state index in [2.05, 4.69) is 69.4 Å². The molecule has 0 aliphatic rings. The van der Waals surface area contributed by atoms with Crippen molar-refractivity contribution in [2.45, 2.75) is 0 Å².